The van der Waals surface area contributed by atoms with Gasteiger partial charge >= 0.3 is 0 Å². The molecule has 1 aromatic heterocycles. The van der Waals surface area contributed by atoms with E-state index in [1.165, 1.54) is 0 Å². The zero-order chi connectivity index (χ0) is 13.3. The van der Waals surface area contributed by atoms with Crippen molar-refractivity contribution in [1.82, 2.24) is 4.98 Å². The molecule has 0 radical (unpaired) electrons. The van der Waals surface area contributed by atoms with Gasteiger partial charge in [-0.15, -0.1) is 0 Å². The van der Waals surface area contributed by atoms with E-state index in [-0.39, 0.29) is 0 Å². The van der Waals surface area contributed by atoms with Gasteiger partial charge in [0.05, 0.1) is 19.2 Å². The van der Waals surface area contributed by atoms with Crippen LogP contribution in [0.25, 0.3) is 10.9 Å². The number of hydrogen-bond donors (Lipinski definition) is 0. The molecule has 0 unspecified atom stereocenters. The van der Waals surface area contributed by atoms with E-state index in [1.807, 2.05) is 13.0 Å². The predicted octanol–water partition coefficient (Wildman–Crippen LogP) is 4.12. The maximum atomic E-state index is 6.16. The molecule has 0 spiro atoms. The summed E-state index contributed by atoms with van der Waals surface area (Å²) in [4.78, 5) is 4.37. The Hall–Kier alpha value is -1.19. The minimum atomic E-state index is 0.479. The van der Waals surface area contributed by atoms with Crippen LogP contribution in [0.1, 0.15) is 12.5 Å². The van der Waals surface area contributed by atoms with Crippen LogP contribution in [-0.4, -0.2) is 19.2 Å². The molecule has 3 nitrogen and oxygen atoms in total. The van der Waals surface area contributed by atoms with Gasteiger partial charge in [0.25, 0.3) is 0 Å². The minimum Gasteiger partial charge on any atom is -0.494 e. The summed E-state index contributed by atoms with van der Waals surface area (Å²) in [5.41, 5.74) is 1.60. The highest BCUT2D eigenvalue weighted by molar-refractivity contribution is 6.34. The van der Waals surface area contributed by atoms with Crippen molar-refractivity contribution in [2.45, 2.75) is 13.3 Å². The number of fused-ring (bicyclic) bond motifs is 1. The second kappa shape index (κ2) is 5.21. The Bertz CT molecular complexity index is 599. The Kier molecular flexibility index (Phi) is 3.83. The summed E-state index contributed by atoms with van der Waals surface area (Å²) in [5.74, 6) is 1.17. The highest BCUT2D eigenvalue weighted by Gasteiger charge is 2.15. The highest BCUT2D eigenvalue weighted by atomic mass is 35.5. The number of halogens is 2. The summed E-state index contributed by atoms with van der Waals surface area (Å²) in [6.07, 6.45) is 0.791. The molecule has 0 atom stereocenters. The van der Waals surface area contributed by atoms with Crippen molar-refractivity contribution >= 4 is 34.1 Å². The normalized spacial score (nSPS) is 10.7. The summed E-state index contributed by atoms with van der Waals surface area (Å²) in [7, 11) is 3.15. The first-order valence-electron chi connectivity index (χ1n) is 5.52. The molecule has 0 saturated carbocycles. The molecule has 0 bridgehead atoms. The van der Waals surface area contributed by atoms with E-state index in [4.69, 9.17) is 32.7 Å². The molecule has 0 aliphatic heterocycles. The molecule has 0 fully saturated rings. The Balaban J connectivity index is 2.89. The van der Waals surface area contributed by atoms with Gasteiger partial charge in [0.15, 0.2) is 0 Å². The number of benzene rings is 1. The van der Waals surface area contributed by atoms with Gasteiger partial charge in [-0.2, -0.15) is 0 Å². The van der Waals surface area contributed by atoms with Crippen LogP contribution in [0.15, 0.2) is 12.1 Å². The molecule has 0 amide bonds. The standard InChI is InChI=1S/C13H13Cl2NO2/c1-4-7-5-8-11(16-13(7)15)10(17-2)6-9(14)12(8)18-3/h5-6H,4H2,1-3H3. The van der Waals surface area contributed by atoms with E-state index in [0.29, 0.717) is 27.2 Å². The Labute approximate surface area is 116 Å². The van der Waals surface area contributed by atoms with Gasteiger partial charge in [-0.25, -0.2) is 4.98 Å². The summed E-state index contributed by atoms with van der Waals surface area (Å²) in [5, 5.41) is 1.78. The van der Waals surface area contributed by atoms with Crippen LogP contribution < -0.4 is 9.47 Å². The lowest BCUT2D eigenvalue weighted by atomic mass is 10.1. The van der Waals surface area contributed by atoms with Crippen LogP contribution >= 0.6 is 23.2 Å². The van der Waals surface area contributed by atoms with Crippen molar-refractivity contribution in [3.05, 3.63) is 27.9 Å². The van der Waals surface area contributed by atoms with Crippen molar-refractivity contribution in [2.75, 3.05) is 14.2 Å². The molecule has 96 valence electrons. The highest BCUT2D eigenvalue weighted by Crippen LogP contribution is 2.39. The first-order valence-corrected chi connectivity index (χ1v) is 6.27. The number of methoxy groups -OCH3 is 2. The van der Waals surface area contributed by atoms with Crippen molar-refractivity contribution in [3.8, 4) is 11.5 Å². The Morgan fingerprint density at radius 3 is 2.44 bits per heavy atom. The largest absolute Gasteiger partial charge is 0.494 e. The summed E-state index contributed by atoms with van der Waals surface area (Å²) < 4.78 is 10.6. The van der Waals surface area contributed by atoms with Crippen LogP contribution in [0, 0.1) is 0 Å². The van der Waals surface area contributed by atoms with E-state index in [9.17, 15) is 0 Å². The number of aryl methyl sites for hydroxylation is 1. The minimum absolute atomic E-state index is 0.479. The first kappa shape index (κ1) is 13.2. The van der Waals surface area contributed by atoms with Crippen molar-refractivity contribution in [3.63, 3.8) is 0 Å². The van der Waals surface area contributed by atoms with Gasteiger partial charge in [0.1, 0.15) is 22.2 Å². The molecule has 0 aliphatic carbocycles. The Morgan fingerprint density at radius 1 is 1.17 bits per heavy atom. The molecule has 2 rings (SSSR count). The van der Waals surface area contributed by atoms with Gasteiger partial charge in [-0.05, 0) is 18.1 Å². The molecule has 0 N–H and O–H groups in total. The third kappa shape index (κ3) is 2.08. The summed E-state index contributed by atoms with van der Waals surface area (Å²) >= 11 is 12.3. The van der Waals surface area contributed by atoms with Crippen LogP contribution in [0.3, 0.4) is 0 Å². The molecule has 2 aromatic rings. The number of ether oxygens (including phenoxy) is 2. The molecule has 1 aromatic carbocycles. The molecule has 1 heterocycles. The topological polar surface area (TPSA) is 31.4 Å². The fourth-order valence-corrected chi connectivity index (χ4v) is 2.43. The fraction of sp³-hybridized carbons (Fsp3) is 0.308. The predicted molar refractivity (Wildman–Crippen MR) is 74.2 cm³/mol. The van der Waals surface area contributed by atoms with Crippen molar-refractivity contribution in [2.24, 2.45) is 0 Å². The number of rotatable bonds is 3. The van der Waals surface area contributed by atoms with E-state index >= 15 is 0 Å². The molecule has 0 aliphatic rings. The van der Waals surface area contributed by atoms with Gasteiger partial charge < -0.3 is 9.47 Å². The lowest BCUT2D eigenvalue weighted by Crippen LogP contribution is -1.95. The van der Waals surface area contributed by atoms with Crippen molar-refractivity contribution in [1.29, 1.82) is 0 Å². The lowest BCUT2D eigenvalue weighted by Gasteiger charge is -2.12. The number of nitrogens with zero attached hydrogens (tertiary/aromatic N) is 1. The second-order valence-electron chi connectivity index (χ2n) is 3.78. The second-order valence-corrected chi connectivity index (χ2v) is 4.55. The van der Waals surface area contributed by atoms with E-state index < -0.39 is 0 Å². The van der Waals surface area contributed by atoms with Crippen LogP contribution in [0.2, 0.25) is 10.2 Å². The average molecular weight is 286 g/mol. The molecule has 0 saturated heterocycles. The van der Waals surface area contributed by atoms with Crippen LogP contribution in [0.5, 0.6) is 11.5 Å². The average Bonchev–Trinajstić information content (AvgIpc) is 2.37. The lowest BCUT2D eigenvalue weighted by molar-refractivity contribution is 0.410. The maximum Gasteiger partial charge on any atom is 0.147 e. The summed E-state index contributed by atoms with van der Waals surface area (Å²) in [6.45, 7) is 2.02. The monoisotopic (exact) mass is 285 g/mol. The van der Waals surface area contributed by atoms with E-state index in [2.05, 4.69) is 4.98 Å². The van der Waals surface area contributed by atoms with Gasteiger partial charge in [0, 0.05) is 11.5 Å². The van der Waals surface area contributed by atoms with E-state index in [1.54, 1.807) is 20.3 Å². The molecular weight excluding hydrogens is 273 g/mol. The SMILES string of the molecule is CCc1cc2c(OC)c(Cl)cc(OC)c2nc1Cl. The number of pyridine rings is 1. The third-order valence-corrected chi connectivity index (χ3v) is 3.41. The first-order chi connectivity index (χ1) is 8.62. The third-order valence-electron chi connectivity index (χ3n) is 2.81. The Morgan fingerprint density at radius 2 is 1.89 bits per heavy atom. The van der Waals surface area contributed by atoms with Crippen LogP contribution in [-0.2, 0) is 6.42 Å². The smallest absolute Gasteiger partial charge is 0.147 e. The van der Waals surface area contributed by atoms with Gasteiger partial charge in [-0.3, -0.25) is 0 Å². The maximum absolute atomic E-state index is 6.16. The summed E-state index contributed by atoms with van der Waals surface area (Å²) in [6, 6.07) is 3.62. The molecule has 5 heteroatoms. The van der Waals surface area contributed by atoms with Gasteiger partial charge in [-0.1, -0.05) is 30.1 Å². The van der Waals surface area contributed by atoms with Crippen molar-refractivity contribution < 1.29 is 9.47 Å². The zero-order valence-electron chi connectivity index (χ0n) is 10.4. The van der Waals surface area contributed by atoms with Crippen LogP contribution in [0.4, 0.5) is 0 Å². The molecular formula is C13H13Cl2NO2. The number of hydrogen-bond acceptors (Lipinski definition) is 3. The molecule has 18 heavy (non-hydrogen) atoms. The number of aromatic nitrogens is 1. The zero-order valence-corrected chi connectivity index (χ0v) is 11.9. The fourth-order valence-electron chi connectivity index (χ4n) is 1.88. The van der Waals surface area contributed by atoms with Gasteiger partial charge in [0.2, 0.25) is 0 Å². The quantitative estimate of drug-likeness (QED) is 0.795. The van der Waals surface area contributed by atoms with E-state index in [0.717, 1.165) is 17.4 Å².